The topological polar surface area (TPSA) is 57.6 Å². The Kier molecular flexibility index (Phi) is 4.60. The van der Waals surface area contributed by atoms with Crippen molar-refractivity contribution in [3.8, 4) is 0 Å². The zero-order valence-electron chi connectivity index (χ0n) is 11.2. The van der Waals surface area contributed by atoms with Gasteiger partial charge in [-0.2, -0.15) is 4.31 Å². The maximum Gasteiger partial charge on any atom is 0.243 e. The zero-order chi connectivity index (χ0) is 13.9. The van der Waals surface area contributed by atoms with E-state index in [1.54, 1.807) is 31.3 Å². The molecular weight excluding hydrogens is 262 g/mol. The first-order valence-electron chi connectivity index (χ1n) is 6.74. The maximum absolute atomic E-state index is 12.6. The van der Waals surface area contributed by atoms with E-state index >= 15 is 0 Å². The van der Waals surface area contributed by atoms with Crippen molar-refractivity contribution in [1.82, 2.24) is 4.31 Å². The van der Waals surface area contributed by atoms with Crippen LogP contribution in [-0.4, -0.2) is 30.9 Å². The third-order valence-corrected chi connectivity index (χ3v) is 5.90. The van der Waals surface area contributed by atoms with Gasteiger partial charge < -0.3 is 5.11 Å². The highest BCUT2D eigenvalue weighted by Gasteiger charge is 2.30. The molecule has 106 valence electrons. The molecule has 5 heteroatoms. The molecule has 1 aliphatic rings. The normalized spacial score (nSPS) is 17.8. The molecule has 0 saturated heterocycles. The minimum Gasteiger partial charge on any atom is -0.392 e. The van der Waals surface area contributed by atoms with Crippen molar-refractivity contribution < 1.29 is 13.5 Å². The Hall–Kier alpha value is -0.910. The third kappa shape index (κ3) is 2.99. The van der Waals surface area contributed by atoms with Crippen LogP contribution in [0.1, 0.15) is 37.7 Å². The van der Waals surface area contributed by atoms with Crippen LogP contribution >= 0.6 is 0 Å². The molecular formula is C14H21NO3S. The molecule has 0 amide bonds. The first-order valence-corrected chi connectivity index (χ1v) is 8.18. The van der Waals surface area contributed by atoms with Crippen molar-refractivity contribution in [2.24, 2.45) is 0 Å². The van der Waals surface area contributed by atoms with Crippen LogP contribution in [-0.2, 0) is 16.6 Å². The number of hydrogen-bond acceptors (Lipinski definition) is 3. The molecule has 0 heterocycles. The Balaban J connectivity index is 2.30. The van der Waals surface area contributed by atoms with Crippen molar-refractivity contribution in [3.05, 3.63) is 29.8 Å². The standard InChI is InChI=1S/C14H21NO3S/c1-15(13-8-3-2-4-9-13)19(17,18)14-10-6-5-7-12(14)11-16/h5-7,10,13,16H,2-4,8-9,11H2,1H3. The fraction of sp³-hybridized carbons (Fsp3) is 0.571. The van der Waals surface area contributed by atoms with Gasteiger partial charge in [-0.3, -0.25) is 0 Å². The number of rotatable bonds is 4. The van der Waals surface area contributed by atoms with Gasteiger partial charge in [0.25, 0.3) is 0 Å². The maximum atomic E-state index is 12.6. The molecule has 19 heavy (non-hydrogen) atoms. The fourth-order valence-electron chi connectivity index (χ4n) is 2.68. The largest absolute Gasteiger partial charge is 0.392 e. The van der Waals surface area contributed by atoms with Crippen molar-refractivity contribution in [2.75, 3.05) is 7.05 Å². The molecule has 0 atom stereocenters. The highest BCUT2D eigenvalue weighted by atomic mass is 32.2. The molecule has 1 saturated carbocycles. The lowest BCUT2D eigenvalue weighted by Gasteiger charge is -2.30. The molecule has 0 unspecified atom stereocenters. The highest BCUT2D eigenvalue weighted by Crippen LogP contribution is 2.27. The van der Waals surface area contributed by atoms with Gasteiger partial charge in [-0.05, 0) is 24.5 Å². The van der Waals surface area contributed by atoms with Gasteiger partial charge >= 0.3 is 0 Å². The van der Waals surface area contributed by atoms with Gasteiger partial charge in [0.1, 0.15) is 0 Å². The van der Waals surface area contributed by atoms with Crippen LogP contribution in [0.2, 0.25) is 0 Å². The summed E-state index contributed by atoms with van der Waals surface area (Å²) in [5.41, 5.74) is 0.463. The quantitative estimate of drug-likeness (QED) is 0.921. The molecule has 0 radical (unpaired) electrons. The van der Waals surface area contributed by atoms with E-state index in [9.17, 15) is 13.5 Å². The molecule has 4 nitrogen and oxygen atoms in total. The Bertz CT molecular complexity index is 521. The second-order valence-electron chi connectivity index (χ2n) is 5.08. The minimum atomic E-state index is -3.51. The fourth-order valence-corrected chi connectivity index (χ4v) is 4.31. The lowest BCUT2D eigenvalue weighted by molar-refractivity contribution is 0.273. The molecule has 0 bridgehead atoms. The van der Waals surface area contributed by atoms with Crippen molar-refractivity contribution in [1.29, 1.82) is 0 Å². The van der Waals surface area contributed by atoms with Gasteiger partial charge in [0.05, 0.1) is 11.5 Å². The summed E-state index contributed by atoms with van der Waals surface area (Å²) >= 11 is 0. The van der Waals surface area contributed by atoms with E-state index in [0.29, 0.717) is 5.56 Å². The van der Waals surface area contributed by atoms with E-state index in [-0.39, 0.29) is 17.5 Å². The van der Waals surface area contributed by atoms with Crippen LogP contribution in [0.15, 0.2) is 29.2 Å². The van der Waals surface area contributed by atoms with Gasteiger partial charge in [0.2, 0.25) is 10.0 Å². The van der Waals surface area contributed by atoms with E-state index in [1.165, 1.54) is 10.7 Å². The molecule has 0 spiro atoms. The summed E-state index contributed by atoms with van der Waals surface area (Å²) in [6.07, 6.45) is 5.23. The third-order valence-electron chi connectivity index (χ3n) is 3.89. The van der Waals surface area contributed by atoms with E-state index < -0.39 is 10.0 Å². The summed E-state index contributed by atoms with van der Waals surface area (Å²) in [7, 11) is -1.86. The van der Waals surface area contributed by atoms with Crippen LogP contribution in [0.3, 0.4) is 0 Å². The number of nitrogens with zero attached hydrogens (tertiary/aromatic N) is 1. The highest BCUT2D eigenvalue weighted by molar-refractivity contribution is 7.89. The number of aliphatic hydroxyl groups is 1. The van der Waals surface area contributed by atoms with Crippen LogP contribution in [0.4, 0.5) is 0 Å². The summed E-state index contributed by atoms with van der Waals surface area (Å²) in [5, 5.41) is 9.29. The predicted molar refractivity (Wildman–Crippen MR) is 74.2 cm³/mol. The van der Waals surface area contributed by atoms with Crippen LogP contribution in [0.5, 0.6) is 0 Å². The summed E-state index contributed by atoms with van der Waals surface area (Å²) < 4.78 is 26.7. The molecule has 1 N–H and O–H groups in total. The smallest absolute Gasteiger partial charge is 0.243 e. The molecule has 0 aromatic heterocycles. The van der Waals surface area contributed by atoms with Crippen molar-refractivity contribution in [2.45, 2.75) is 49.6 Å². The van der Waals surface area contributed by atoms with Gasteiger partial charge in [0.15, 0.2) is 0 Å². The minimum absolute atomic E-state index is 0.0884. The zero-order valence-corrected chi connectivity index (χ0v) is 12.1. The van der Waals surface area contributed by atoms with Crippen LogP contribution in [0, 0.1) is 0 Å². The second-order valence-corrected chi connectivity index (χ2v) is 7.04. The Morgan fingerprint density at radius 2 is 1.84 bits per heavy atom. The average molecular weight is 283 g/mol. The Labute approximate surface area is 115 Å². The molecule has 2 rings (SSSR count). The number of hydrogen-bond donors (Lipinski definition) is 1. The first kappa shape index (κ1) is 14.5. The van der Waals surface area contributed by atoms with Gasteiger partial charge in [-0.15, -0.1) is 0 Å². The molecule has 1 aromatic carbocycles. The molecule has 0 aliphatic heterocycles. The van der Waals surface area contributed by atoms with E-state index in [1.807, 2.05) is 0 Å². The summed E-state index contributed by atoms with van der Waals surface area (Å²) in [6.45, 7) is -0.256. The second kappa shape index (κ2) is 6.03. The Morgan fingerprint density at radius 1 is 1.21 bits per heavy atom. The van der Waals surface area contributed by atoms with Crippen LogP contribution in [0.25, 0.3) is 0 Å². The van der Waals surface area contributed by atoms with Gasteiger partial charge in [-0.25, -0.2) is 8.42 Å². The lowest BCUT2D eigenvalue weighted by Crippen LogP contribution is -2.38. The predicted octanol–water partition coefficient (Wildman–Crippen LogP) is 2.13. The van der Waals surface area contributed by atoms with Crippen molar-refractivity contribution >= 4 is 10.0 Å². The SMILES string of the molecule is CN(C1CCCCC1)S(=O)(=O)c1ccccc1CO. The summed E-state index contributed by atoms with van der Waals surface area (Å²) in [6, 6.07) is 6.75. The summed E-state index contributed by atoms with van der Waals surface area (Å²) in [5.74, 6) is 0. The molecule has 1 aromatic rings. The molecule has 1 aliphatic carbocycles. The van der Waals surface area contributed by atoms with Gasteiger partial charge in [0, 0.05) is 13.1 Å². The number of benzene rings is 1. The van der Waals surface area contributed by atoms with E-state index in [2.05, 4.69) is 0 Å². The number of sulfonamides is 1. The van der Waals surface area contributed by atoms with E-state index in [4.69, 9.17) is 0 Å². The summed E-state index contributed by atoms with van der Waals surface area (Å²) in [4.78, 5) is 0.227. The van der Waals surface area contributed by atoms with Crippen LogP contribution < -0.4 is 0 Å². The van der Waals surface area contributed by atoms with E-state index in [0.717, 1.165) is 25.7 Å². The number of aliphatic hydroxyl groups excluding tert-OH is 1. The molecule has 1 fully saturated rings. The lowest BCUT2D eigenvalue weighted by atomic mass is 9.96. The monoisotopic (exact) mass is 283 g/mol. The Morgan fingerprint density at radius 3 is 2.47 bits per heavy atom. The average Bonchev–Trinajstić information content (AvgIpc) is 2.47. The van der Waals surface area contributed by atoms with Gasteiger partial charge in [-0.1, -0.05) is 37.5 Å². The first-order chi connectivity index (χ1) is 9.07. The van der Waals surface area contributed by atoms with Crippen molar-refractivity contribution in [3.63, 3.8) is 0 Å².